The van der Waals surface area contributed by atoms with Gasteiger partial charge in [0.05, 0.1) is 46.2 Å². The number of aliphatic hydroxyl groups is 1. The Bertz CT molecular complexity index is 1190. The molecular weight excluding hydrogens is 476 g/mol. The summed E-state index contributed by atoms with van der Waals surface area (Å²) in [5.74, 6) is 0.0781. The maximum absolute atomic E-state index is 13.4. The summed E-state index contributed by atoms with van der Waals surface area (Å²) in [6.07, 6.45) is 0.664. The van der Waals surface area contributed by atoms with Crippen molar-refractivity contribution in [1.29, 1.82) is 0 Å². The smallest absolute Gasteiger partial charge is 0.295 e. The third-order valence-electron chi connectivity index (χ3n) is 6.92. The molecule has 4 rings (SSSR count). The lowest BCUT2D eigenvalue weighted by Gasteiger charge is -2.29. The fraction of sp³-hybridized carbons (Fsp3) is 0.429. The van der Waals surface area contributed by atoms with Gasteiger partial charge >= 0.3 is 0 Å². The molecule has 2 heterocycles. The number of likely N-dealkylation sites (tertiary alicyclic amines) is 1. The summed E-state index contributed by atoms with van der Waals surface area (Å²) >= 11 is 0. The van der Waals surface area contributed by atoms with E-state index in [2.05, 4.69) is 4.90 Å². The number of aliphatic hydroxyl groups excluding tert-OH is 1. The zero-order valence-corrected chi connectivity index (χ0v) is 21.8. The van der Waals surface area contributed by atoms with E-state index in [0.717, 1.165) is 25.2 Å². The van der Waals surface area contributed by atoms with Gasteiger partial charge in [-0.15, -0.1) is 0 Å². The third-order valence-corrected chi connectivity index (χ3v) is 6.92. The second kappa shape index (κ2) is 11.7. The number of hydrogen-bond acceptors (Lipinski definition) is 8. The van der Waals surface area contributed by atoms with E-state index in [1.165, 1.54) is 12.0 Å². The predicted molar refractivity (Wildman–Crippen MR) is 138 cm³/mol. The summed E-state index contributed by atoms with van der Waals surface area (Å²) in [4.78, 5) is 30.6. The Balaban J connectivity index is 1.77. The first-order valence-corrected chi connectivity index (χ1v) is 12.3. The predicted octanol–water partition coefficient (Wildman–Crippen LogP) is 3.16. The van der Waals surface area contributed by atoms with Crippen molar-refractivity contribution < 1.29 is 33.6 Å². The van der Waals surface area contributed by atoms with Crippen LogP contribution in [0.15, 0.2) is 42.0 Å². The monoisotopic (exact) mass is 510 g/mol. The zero-order valence-electron chi connectivity index (χ0n) is 21.8. The molecule has 0 aliphatic carbocycles. The molecule has 1 N–H and O–H groups in total. The van der Waals surface area contributed by atoms with Crippen LogP contribution in [-0.2, 0) is 14.3 Å². The van der Waals surface area contributed by atoms with E-state index in [1.807, 2.05) is 6.92 Å². The van der Waals surface area contributed by atoms with Crippen molar-refractivity contribution in [3.63, 3.8) is 0 Å². The van der Waals surface area contributed by atoms with Crippen LogP contribution in [0.3, 0.4) is 0 Å². The lowest BCUT2D eigenvalue weighted by atomic mass is 9.94. The Labute approximate surface area is 217 Å². The second-order valence-electron chi connectivity index (χ2n) is 9.09. The minimum Gasteiger partial charge on any atom is -0.507 e. The molecule has 0 spiro atoms. The summed E-state index contributed by atoms with van der Waals surface area (Å²) < 4.78 is 21.8. The Morgan fingerprint density at radius 1 is 0.973 bits per heavy atom. The molecule has 37 heavy (non-hydrogen) atoms. The standard InChI is InChI=1S/C28H34N2O7/c1-18-16-19(6-8-22(18)35-3)26(31)24-25(21-17-20(34-2)7-9-23(21)36-4)30(28(33)27(24)32)11-5-10-29-12-14-37-15-13-29/h6-9,16-17,25,31H,5,10-15H2,1-4H3/b26-24+. The van der Waals surface area contributed by atoms with E-state index >= 15 is 0 Å². The molecular formula is C28H34N2O7. The number of rotatable bonds is 9. The van der Waals surface area contributed by atoms with Gasteiger partial charge in [-0.2, -0.15) is 0 Å². The largest absolute Gasteiger partial charge is 0.507 e. The van der Waals surface area contributed by atoms with Crippen molar-refractivity contribution in [2.24, 2.45) is 0 Å². The third kappa shape index (κ3) is 5.42. The summed E-state index contributed by atoms with van der Waals surface area (Å²) in [5, 5.41) is 11.4. The number of carbonyl (C=O) groups is 2. The first kappa shape index (κ1) is 26.5. The number of ether oxygens (including phenoxy) is 4. The van der Waals surface area contributed by atoms with Crippen molar-refractivity contribution >= 4 is 17.4 Å². The minimum absolute atomic E-state index is 0.0208. The highest BCUT2D eigenvalue weighted by molar-refractivity contribution is 6.46. The zero-order chi connectivity index (χ0) is 26.5. The molecule has 198 valence electrons. The fourth-order valence-corrected chi connectivity index (χ4v) is 4.96. The molecule has 1 atom stereocenters. The first-order valence-electron chi connectivity index (χ1n) is 12.3. The number of amides is 1. The van der Waals surface area contributed by atoms with Gasteiger partial charge in [-0.25, -0.2) is 0 Å². The van der Waals surface area contributed by atoms with Crippen LogP contribution in [0.5, 0.6) is 17.2 Å². The molecule has 0 aromatic heterocycles. The molecule has 2 aliphatic heterocycles. The molecule has 0 saturated carbocycles. The van der Waals surface area contributed by atoms with Gasteiger partial charge in [0, 0.05) is 37.3 Å². The van der Waals surface area contributed by atoms with Gasteiger partial charge in [0.15, 0.2) is 0 Å². The van der Waals surface area contributed by atoms with Crippen LogP contribution >= 0.6 is 0 Å². The molecule has 2 aromatic rings. The Kier molecular flexibility index (Phi) is 8.35. The molecule has 0 radical (unpaired) electrons. The van der Waals surface area contributed by atoms with E-state index in [1.54, 1.807) is 50.6 Å². The SMILES string of the molecule is COc1ccc(OC)c(C2/C(=C(\O)c3ccc(OC)c(C)c3)C(=O)C(=O)N2CCCN2CCOCC2)c1. The summed E-state index contributed by atoms with van der Waals surface area (Å²) in [7, 11) is 4.65. The normalized spacial score (nSPS) is 19.8. The molecule has 2 saturated heterocycles. The maximum Gasteiger partial charge on any atom is 0.295 e. The van der Waals surface area contributed by atoms with Gasteiger partial charge in [0.2, 0.25) is 0 Å². The van der Waals surface area contributed by atoms with E-state index in [-0.39, 0.29) is 11.3 Å². The molecule has 9 nitrogen and oxygen atoms in total. The van der Waals surface area contributed by atoms with Gasteiger partial charge in [-0.3, -0.25) is 14.5 Å². The summed E-state index contributed by atoms with van der Waals surface area (Å²) in [6.45, 7) is 6.00. The number of nitrogens with zero attached hydrogens (tertiary/aromatic N) is 2. The van der Waals surface area contributed by atoms with Crippen molar-refractivity contribution in [2.45, 2.75) is 19.4 Å². The molecule has 9 heteroatoms. The topological polar surface area (TPSA) is 97.8 Å². The average molecular weight is 511 g/mol. The molecule has 2 aromatic carbocycles. The van der Waals surface area contributed by atoms with Crippen LogP contribution < -0.4 is 14.2 Å². The van der Waals surface area contributed by atoms with Gasteiger partial charge in [-0.1, -0.05) is 0 Å². The van der Waals surface area contributed by atoms with Gasteiger partial charge < -0.3 is 29.0 Å². The number of benzene rings is 2. The van der Waals surface area contributed by atoms with Crippen LogP contribution in [0.4, 0.5) is 0 Å². The van der Waals surface area contributed by atoms with E-state index in [9.17, 15) is 14.7 Å². The summed E-state index contributed by atoms with van der Waals surface area (Å²) in [6, 6.07) is 9.53. The van der Waals surface area contributed by atoms with Crippen LogP contribution in [0.25, 0.3) is 5.76 Å². The molecule has 1 unspecified atom stereocenters. The number of aryl methyl sites for hydroxylation is 1. The number of carbonyl (C=O) groups excluding carboxylic acids is 2. The van der Waals surface area contributed by atoms with E-state index in [0.29, 0.717) is 54.6 Å². The van der Waals surface area contributed by atoms with E-state index in [4.69, 9.17) is 18.9 Å². The van der Waals surface area contributed by atoms with Crippen molar-refractivity contribution in [3.8, 4) is 17.2 Å². The highest BCUT2D eigenvalue weighted by Gasteiger charge is 2.47. The van der Waals surface area contributed by atoms with Gasteiger partial charge in [0.1, 0.15) is 23.0 Å². The van der Waals surface area contributed by atoms with Crippen LogP contribution in [0, 0.1) is 6.92 Å². The molecule has 2 fully saturated rings. The minimum atomic E-state index is -0.836. The van der Waals surface area contributed by atoms with Crippen LogP contribution in [0.1, 0.15) is 29.2 Å². The Hall–Kier alpha value is -3.56. The van der Waals surface area contributed by atoms with Gasteiger partial charge in [-0.05, 0) is 55.3 Å². The van der Waals surface area contributed by atoms with Crippen molar-refractivity contribution in [1.82, 2.24) is 9.80 Å². The Morgan fingerprint density at radius 2 is 1.68 bits per heavy atom. The molecule has 2 aliphatic rings. The first-order chi connectivity index (χ1) is 17.9. The highest BCUT2D eigenvalue weighted by Crippen LogP contribution is 2.44. The number of morpholine rings is 1. The van der Waals surface area contributed by atoms with Crippen molar-refractivity contribution in [3.05, 3.63) is 58.7 Å². The maximum atomic E-state index is 13.4. The van der Waals surface area contributed by atoms with Crippen molar-refractivity contribution in [2.75, 3.05) is 60.7 Å². The number of methoxy groups -OCH3 is 3. The van der Waals surface area contributed by atoms with Crippen LogP contribution in [0.2, 0.25) is 0 Å². The Morgan fingerprint density at radius 3 is 2.32 bits per heavy atom. The number of hydrogen-bond donors (Lipinski definition) is 1. The fourth-order valence-electron chi connectivity index (χ4n) is 4.96. The van der Waals surface area contributed by atoms with E-state index < -0.39 is 17.7 Å². The lowest BCUT2D eigenvalue weighted by Crippen LogP contribution is -2.39. The number of Topliss-reactive ketones (excluding diaryl/α,β-unsaturated/α-hetero) is 1. The number of ketones is 1. The highest BCUT2D eigenvalue weighted by atomic mass is 16.5. The summed E-state index contributed by atoms with van der Waals surface area (Å²) in [5.41, 5.74) is 1.81. The molecule has 0 bridgehead atoms. The van der Waals surface area contributed by atoms with Crippen LogP contribution in [-0.4, -0.2) is 87.3 Å². The van der Waals surface area contributed by atoms with Gasteiger partial charge in [0.25, 0.3) is 11.7 Å². The lowest BCUT2D eigenvalue weighted by molar-refractivity contribution is -0.140. The molecule has 1 amide bonds. The average Bonchev–Trinajstić information content (AvgIpc) is 3.17. The second-order valence-corrected chi connectivity index (χ2v) is 9.09. The quantitative estimate of drug-likeness (QED) is 0.312.